The number of benzene rings is 1. The van der Waals surface area contributed by atoms with Crippen LogP contribution in [0.2, 0.25) is 0 Å². The minimum absolute atomic E-state index is 0.623. The third-order valence-electron chi connectivity index (χ3n) is 2.41. The summed E-state index contributed by atoms with van der Waals surface area (Å²) in [6, 6.07) is 9.65. The standard InChI is InChI=1S/C14H17NO2S/c1-2-16-12-8-11(15)9-13(10-12)17-6-5-14-4-3-7-18-14/h3-4,7-10H,2,5-6,15H2,1H3. The van der Waals surface area contributed by atoms with Crippen LogP contribution in [0.4, 0.5) is 5.69 Å². The smallest absolute Gasteiger partial charge is 0.125 e. The Morgan fingerprint density at radius 3 is 2.61 bits per heavy atom. The molecule has 2 rings (SSSR count). The van der Waals surface area contributed by atoms with Gasteiger partial charge in [0.05, 0.1) is 13.2 Å². The predicted octanol–water partition coefficient (Wildman–Crippen LogP) is 3.35. The van der Waals surface area contributed by atoms with Gasteiger partial charge in [-0.3, -0.25) is 0 Å². The van der Waals surface area contributed by atoms with Crippen molar-refractivity contribution in [3.05, 3.63) is 40.6 Å². The maximum absolute atomic E-state index is 5.80. The molecular formula is C14H17NO2S. The Bertz CT molecular complexity index is 483. The molecule has 0 saturated heterocycles. The van der Waals surface area contributed by atoms with Crippen molar-refractivity contribution in [3.63, 3.8) is 0 Å². The minimum Gasteiger partial charge on any atom is -0.494 e. The summed E-state index contributed by atoms with van der Waals surface area (Å²) in [5.74, 6) is 1.51. The van der Waals surface area contributed by atoms with Crippen LogP contribution in [-0.4, -0.2) is 13.2 Å². The van der Waals surface area contributed by atoms with E-state index in [1.807, 2.05) is 25.1 Å². The van der Waals surface area contributed by atoms with Crippen LogP contribution in [0.15, 0.2) is 35.7 Å². The molecule has 4 heteroatoms. The second kappa shape index (κ2) is 6.31. The van der Waals surface area contributed by atoms with Crippen LogP contribution in [0.5, 0.6) is 11.5 Å². The molecule has 0 spiro atoms. The van der Waals surface area contributed by atoms with Crippen LogP contribution in [0, 0.1) is 0 Å². The maximum Gasteiger partial charge on any atom is 0.125 e. The molecule has 3 nitrogen and oxygen atoms in total. The van der Waals surface area contributed by atoms with Gasteiger partial charge in [-0.15, -0.1) is 11.3 Å². The zero-order valence-electron chi connectivity index (χ0n) is 10.4. The Labute approximate surface area is 111 Å². The number of hydrogen-bond acceptors (Lipinski definition) is 4. The number of anilines is 1. The normalized spacial score (nSPS) is 10.3. The van der Waals surface area contributed by atoms with Crippen molar-refractivity contribution >= 4 is 17.0 Å². The highest BCUT2D eigenvalue weighted by molar-refractivity contribution is 7.09. The molecule has 2 N–H and O–H groups in total. The van der Waals surface area contributed by atoms with Crippen molar-refractivity contribution in [1.29, 1.82) is 0 Å². The number of nitrogen functional groups attached to an aromatic ring is 1. The molecule has 0 radical (unpaired) electrons. The summed E-state index contributed by atoms with van der Waals surface area (Å²) >= 11 is 1.74. The molecule has 18 heavy (non-hydrogen) atoms. The fourth-order valence-electron chi connectivity index (χ4n) is 1.65. The largest absolute Gasteiger partial charge is 0.494 e. The lowest BCUT2D eigenvalue weighted by Gasteiger charge is -2.09. The Morgan fingerprint density at radius 2 is 1.94 bits per heavy atom. The van der Waals surface area contributed by atoms with Gasteiger partial charge in [0.15, 0.2) is 0 Å². The molecular weight excluding hydrogens is 246 g/mol. The van der Waals surface area contributed by atoms with E-state index in [0.29, 0.717) is 18.9 Å². The third kappa shape index (κ3) is 3.67. The fourth-order valence-corrected chi connectivity index (χ4v) is 2.34. The topological polar surface area (TPSA) is 44.5 Å². The quantitative estimate of drug-likeness (QED) is 0.813. The maximum atomic E-state index is 5.80. The molecule has 0 aliphatic rings. The number of thiophene rings is 1. The molecule has 0 aliphatic carbocycles. The first kappa shape index (κ1) is 12.8. The van der Waals surface area contributed by atoms with Crippen LogP contribution in [0.3, 0.4) is 0 Å². The van der Waals surface area contributed by atoms with Crippen molar-refractivity contribution in [3.8, 4) is 11.5 Å². The molecule has 1 aromatic heterocycles. The number of rotatable bonds is 6. The third-order valence-corrected chi connectivity index (χ3v) is 3.35. The first-order valence-corrected chi connectivity index (χ1v) is 6.84. The molecule has 0 saturated carbocycles. The summed E-state index contributed by atoms with van der Waals surface area (Å²) in [6.07, 6.45) is 0.913. The monoisotopic (exact) mass is 263 g/mol. The molecule has 0 bridgehead atoms. The summed E-state index contributed by atoms with van der Waals surface area (Å²) in [7, 11) is 0. The fraction of sp³-hybridized carbons (Fsp3) is 0.286. The van der Waals surface area contributed by atoms with Crippen molar-refractivity contribution < 1.29 is 9.47 Å². The summed E-state index contributed by atoms with van der Waals surface area (Å²) < 4.78 is 11.1. The molecule has 2 aromatic rings. The van der Waals surface area contributed by atoms with Crippen LogP contribution >= 0.6 is 11.3 Å². The number of hydrogen-bond donors (Lipinski definition) is 1. The predicted molar refractivity (Wildman–Crippen MR) is 75.5 cm³/mol. The summed E-state index contributed by atoms with van der Waals surface area (Å²) in [5, 5.41) is 2.07. The second-order valence-corrected chi connectivity index (χ2v) is 4.88. The van der Waals surface area contributed by atoms with Crippen molar-refractivity contribution in [2.24, 2.45) is 0 Å². The van der Waals surface area contributed by atoms with Gasteiger partial charge in [-0.05, 0) is 18.4 Å². The van der Waals surface area contributed by atoms with Gasteiger partial charge in [0.1, 0.15) is 11.5 Å². The van der Waals surface area contributed by atoms with E-state index in [9.17, 15) is 0 Å². The zero-order chi connectivity index (χ0) is 12.8. The van der Waals surface area contributed by atoms with E-state index < -0.39 is 0 Å². The van der Waals surface area contributed by atoms with Crippen LogP contribution in [0.1, 0.15) is 11.8 Å². The van der Waals surface area contributed by atoms with Crippen molar-refractivity contribution in [1.82, 2.24) is 0 Å². The molecule has 0 unspecified atom stereocenters. The lowest BCUT2D eigenvalue weighted by Crippen LogP contribution is -2.01. The first-order valence-electron chi connectivity index (χ1n) is 5.96. The van der Waals surface area contributed by atoms with Crippen LogP contribution in [0.25, 0.3) is 0 Å². The molecule has 0 atom stereocenters. The Morgan fingerprint density at radius 1 is 1.17 bits per heavy atom. The summed E-state index contributed by atoms with van der Waals surface area (Å²) in [5.41, 5.74) is 6.46. The van der Waals surface area contributed by atoms with E-state index in [1.54, 1.807) is 17.4 Å². The number of ether oxygens (including phenoxy) is 2. The molecule has 0 aliphatic heterocycles. The van der Waals surface area contributed by atoms with Gasteiger partial charge in [-0.2, -0.15) is 0 Å². The van der Waals surface area contributed by atoms with E-state index in [1.165, 1.54) is 4.88 Å². The first-order chi connectivity index (χ1) is 8.78. The average Bonchev–Trinajstić information content (AvgIpc) is 2.82. The highest BCUT2D eigenvalue weighted by Gasteiger charge is 2.01. The Hall–Kier alpha value is -1.68. The lowest BCUT2D eigenvalue weighted by molar-refractivity contribution is 0.313. The van der Waals surface area contributed by atoms with Crippen LogP contribution < -0.4 is 15.2 Å². The summed E-state index contributed by atoms with van der Waals surface area (Å²) in [4.78, 5) is 1.32. The van der Waals surface area contributed by atoms with Gasteiger partial charge >= 0.3 is 0 Å². The Kier molecular flexibility index (Phi) is 4.47. The van der Waals surface area contributed by atoms with E-state index in [-0.39, 0.29) is 0 Å². The van der Waals surface area contributed by atoms with E-state index in [0.717, 1.165) is 17.9 Å². The highest BCUT2D eigenvalue weighted by Crippen LogP contribution is 2.24. The molecule has 0 fully saturated rings. The van der Waals surface area contributed by atoms with Crippen molar-refractivity contribution in [2.75, 3.05) is 18.9 Å². The minimum atomic E-state index is 0.623. The SMILES string of the molecule is CCOc1cc(N)cc(OCCc2cccs2)c1. The molecule has 96 valence electrons. The lowest BCUT2D eigenvalue weighted by atomic mass is 10.3. The van der Waals surface area contributed by atoms with Crippen molar-refractivity contribution in [2.45, 2.75) is 13.3 Å². The van der Waals surface area contributed by atoms with E-state index in [4.69, 9.17) is 15.2 Å². The van der Waals surface area contributed by atoms with Gasteiger partial charge in [0.25, 0.3) is 0 Å². The van der Waals surface area contributed by atoms with Gasteiger partial charge in [-0.1, -0.05) is 6.07 Å². The zero-order valence-corrected chi connectivity index (χ0v) is 11.2. The number of nitrogens with two attached hydrogens (primary N) is 1. The van der Waals surface area contributed by atoms with Crippen LogP contribution in [-0.2, 0) is 6.42 Å². The van der Waals surface area contributed by atoms with Gasteiger partial charge in [0, 0.05) is 35.2 Å². The molecule has 1 aromatic carbocycles. The van der Waals surface area contributed by atoms with Gasteiger partial charge < -0.3 is 15.2 Å². The van der Waals surface area contributed by atoms with Gasteiger partial charge in [0.2, 0.25) is 0 Å². The highest BCUT2D eigenvalue weighted by atomic mass is 32.1. The average molecular weight is 263 g/mol. The molecule has 1 heterocycles. The molecule has 0 amide bonds. The van der Waals surface area contributed by atoms with Gasteiger partial charge in [-0.25, -0.2) is 0 Å². The Balaban J connectivity index is 1.92. The van der Waals surface area contributed by atoms with E-state index >= 15 is 0 Å². The summed E-state index contributed by atoms with van der Waals surface area (Å²) in [6.45, 7) is 3.22. The second-order valence-electron chi connectivity index (χ2n) is 3.85. The van der Waals surface area contributed by atoms with E-state index in [2.05, 4.69) is 11.4 Å².